The molecule has 0 saturated carbocycles. The zero-order chi connectivity index (χ0) is 18.8. The molecule has 0 aliphatic rings. The summed E-state index contributed by atoms with van der Waals surface area (Å²) in [5.74, 6) is 0. The first-order valence-corrected chi connectivity index (χ1v) is 9.07. The molecule has 0 bridgehead atoms. The third-order valence-electron chi connectivity index (χ3n) is 4.69. The Balaban J connectivity index is 0.000000137. The largest absolute Gasteiger partial charge is 2.00 e. The fourth-order valence-electron chi connectivity index (χ4n) is 3.36. The first kappa shape index (κ1) is 19.0. The SMILES string of the molecule is [Zn+2].c1cnc2c(c1)ccc1cccnc12.c1cnc2c(c1)ccc1cccnc12. The Morgan fingerprint density at radius 2 is 0.586 bits per heavy atom. The van der Waals surface area contributed by atoms with Crippen molar-refractivity contribution in [1.29, 1.82) is 0 Å². The van der Waals surface area contributed by atoms with Crippen molar-refractivity contribution < 1.29 is 19.5 Å². The van der Waals surface area contributed by atoms with Gasteiger partial charge in [0.25, 0.3) is 0 Å². The van der Waals surface area contributed by atoms with Crippen molar-refractivity contribution in [2.45, 2.75) is 0 Å². The monoisotopic (exact) mass is 424 g/mol. The van der Waals surface area contributed by atoms with Crippen molar-refractivity contribution >= 4 is 43.6 Å². The predicted molar refractivity (Wildman–Crippen MR) is 114 cm³/mol. The maximum atomic E-state index is 4.35. The molecule has 6 rings (SSSR count). The molecule has 0 aliphatic carbocycles. The molecule has 0 saturated heterocycles. The summed E-state index contributed by atoms with van der Waals surface area (Å²) in [7, 11) is 0. The van der Waals surface area contributed by atoms with Crippen LogP contribution in [0.1, 0.15) is 0 Å². The van der Waals surface area contributed by atoms with Gasteiger partial charge in [-0.1, -0.05) is 48.5 Å². The van der Waals surface area contributed by atoms with Crippen LogP contribution in [0.15, 0.2) is 97.6 Å². The topological polar surface area (TPSA) is 51.6 Å². The van der Waals surface area contributed by atoms with E-state index in [0.29, 0.717) is 0 Å². The summed E-state index contributed by atoms with van der Waals surface area (Å²) in [5.41, 5.74) is 3.91. The van der Waals surface area contributed by atoms with Crippen LogP contribution in [0.3, 0.4) is 0 Å². The minimum absolute atomic E-state index is 0. The molecule has 4 heterocycles. The van der Waals surface area contributed by atoms with Crippen molar-refractivity contribution in [3.63, 3.8) is 0 Å². The van der Waals surface area contributed by atoms with E-state index in [-0.39, 0.29) is 19.5 Å². The van der Waals surface area contributed by atoms with Crippen LogP contribution in [-0.2, 0) is 19.5 Å². The van der Waals surface area contributed by atoms with Crippen LogP contribution in [-0.4, -0.2) is 19.9 Å². The van der Waals surface area contributed by atoms with Gasteiger partial charge in [-0.25, -0.2) is 0 Å². The fraction of sp³-hybridized carbons (Fsp3) is 0. The number of hydrogen-bond donors (Lipinski definition) is 0. The summed E-state index contributed by atoms with van der Waals surface area (Å²) in [4.78, 5) is 17.4. The van der Waals surface area contributed by atoms with Gasteiger partial charge in [-0.3, -0.25) is 19.9 Å². The van der Waals surface area contributed by atoms with Crippen LogP contribution in [0, 0.1) is 0 Å². The maximum Gasteiger partial charge on any atom is 2.00 e. The van der Waals surface area contributed by atoms with Crippen molar-refractivity contribution in [3.8, 4) is 0 Å². The summed E-state index contributed by atoms with van der Waals surface area (Å²) in [6.07, 6.45) is 7.21. The molecular weight excluding hydrogens is 410 g/mol. The van der Waals surface area contributed by atoms with Gasteiger partial charge in [0.1, 0.15) is 0 Å². The first-order valence-electron chi connectivity index (χ1n) is 9.07. The molecule has 0 fully saturated rings. The quantitative estimate of drug-likeness (QED) is 0.236. The second-order valence-electron chi connectivity index (χ2n) is 6.43. The first-order chi connectivity index (χ1) is 13.9. The van der Waals surface area contributed by atoms with Crippen LogP contribution in [0.5, 0.6) is 0 Å². The van der Waals surface area contributed by atoms with Crippen LogP contribution in [0.2, 0.25) is 0 Å². The van der Waals surface area contributed by atoms with E-state index < -0.39 is 0 Å². The average molecular weight is 426 g/mol. The van der Waals surface area contributed by atoms with E-state index in [2.05, 4.69) is 68.5 Å². The van der Waals surface area contributed by atoms with Gasteiger partial charge in [0, 0.05) is 46.3 Å². The Morgan fingerprint density at radius 1 is 0.345 bits per heavy atom. The van der Waals surface area contributed by atoms with Gasteiger partial charge in [-0.2, -0.15) is 0 Å². The van der Waals surface area contributed by atoms with Crippen molar-refractivity contribution in [1.82, 2.24) is 19.9 Å². The van der Waals surface area contributed by atoms with E-state index >= 15 is 0 Å². The molecule has 0 spiro atoms. The van der Waals surface area contributed by atoms with Gasteiger partial charge in [0.2, 0.25) is 0 Å². The number of hydrogen-bond acceptors (Lipinski definition) is 4. The van der Waals surface area contributed by atoms with Crippen molar-refractivity contribution in [3.05, 3.63) is 97.6 Å². The molecular formula is C24H16N4Zn+2. The Bertz CT molecular complexity index is 1210. The summed E-state index contributed by atoms with van der Waals surface area (Å²) < 4.78 is 0. The number of fused-ring (bicyclic) bond motifs is 6. The fourth-order valence-corrected chi connectivity index (χ4v) is 3.36. The van der Waals surface area contributed by atoms with Gasteiger partial charge in [0.05, 0.1) is 22.1 Å². The summed E-state index contributed by atoms with van der Waals surface area (Å²) in [6, 6.07) is 24.3. The van der Waals surface area contributed by atoms with Gasteiger partial charge in [-0.05, 0) is 24.3 Å². The molecule has 0 atom stereocenters. The number of aromatic nitrogens is 4. The maximum absolute atomic E-state index is 4.35. The molecule has 4 nitrogen and oxygen atoms in total. The van der Waals surface area contributed by atoms with Crippen molar-refractivity contribution in [2.75, 3.05) is 0 Å². The molecule has 132 valence electrons. The number of benzene rings is 2. The molecule has 0 aliphatic heterocycles. The smallest absolute Gasteiger partial charge is 0.254 e. The second-order valence-corrected chi connectivity index (χ2v) is 6.43. The normalized spacial score (nSPS) is 10.5. The third kappa shape index (κ3) is 3.69. The molecule has 4 aromatic heterocycles. The second kappa shape index (κ2) is 8.38. The van der Waals surface area contributed by atoms with Gasteiger partial charge >= 0.3 is 19.5 Å². The van der Waals surface area contributed by atoms with E-state index in [4.69, 9.17) is 0 Å². The van der Waals surface area contributed by atoms with Crippen molar-refractivity contribution in [2.24, 2.45) is 0 Å². The molecule has 5 heteroatoms. The Hall–Kier alpha value is -3.30. The summed E-state index contributed by atoms with van der Waals surface area (Å²) in [6.45, 7) is 0. The number of nitrogens with zero attached hydrogens (tertiary/aromatic N) is 4. The molecule has 2 aromatic carbocycles. The predicted octanol–water partition coefficient (Wildman–Crippen LogP) is 5.56. The Labute approximate surface area is 180 Å². The summed E-state index contributed by atoms with van der Waals surface area (Å²) >= 11 is 0. The Morgan fingerprint density at radius 3 is 0.828 bits per heavy atom. The molecule has 0 radical (unpaired) electrons. The molecule has 0 N–H and O–H groups in total. The minimum Gasteiger partial charge on any atom is -0.254 e. The van der Waals surface area contributed by atoms with Gasteiger partial charge < -0.3 is 0 Å². The standard InChI is InChI=1S/2C12H8N2.Zn/c2*1-3-9-5-6-10-4-2-8-14-12(10)11(9)13-7-1;/h2*1-8H;/q;;+2. The third-order valence-corrected chi connectivity index (χ3v) is 4.69. The van der Waals surface area contributed by atoms with Crippen LogP contribution >= 0.6 is 0 Å². The average Bonchev–Trinajstić information content (AvgIpc) is 2.79. The number of rotatable bonds is 0. The van der Waals surface area contributed by atoms with Gasteiger partial charge in [0.15, 0.2) is 0 Å². The van der Waals surface area contributed by atoms with Crippen LogP contribution in [0.4, 0.5) is 0 Å². The summed E-state index contributed by atoms with van der Waals surface area (Å²) in [5, 5.41) is 4.55. The van der Waals surface area contributed by atoms with E-state index in [0.717, 1.165) is 43.6 Å². The molecule has 0 unspecified atom stereocenters. The van der Waals surface area contributed by atoms with Crippen LogP contribution < -0.4 is 0 Å². The molecule has 29 heavy (non-hydrogen) atoms. The van der Waals surface area contributed by atoms with E-state index in [9.17, 15) is 0 Å². The number of pyridine rings is 4. The zero-order valence-corrected chi connectivity index (χ0v) is 18.7. The molecule has 6 aromatic rings. The van der Waals surface area contributed by atoms with Crippen LogP contribution in [0.25, 0.3) is 43.6 Å². The minimum atomic E-state index is 0. The molecule has 0 amide bonds. The van der Waals surface area contributed by atoms with E-state index in [1.807, 2.05) is 24.3 Å². The van der Waals surface area contributed by atoms with E-state index in [1.165, 1.54) is 0 Å². The zero-order valence-electron chi connectivity index (χ0n) is 15.7. The Kier molecular flexibility index (Phi) is 5.50. The van der Waals surface area contributed by atoms with E-state index in [1.54, 1.807) is 24.8 Å². The van der Waals surface area contributed by atoms with Gasteiger partial charge in [-0.15, -0.1) is 0 Å².